The average Bonchev–Trinajstić information content (AvgIpc) is 3.07. The number of nitrogens with zero attached hydrogens (tertiary/aromatic N) is 2. The summed E-state index contributed by atoms with van der Waals surface area (Å²) in [5.41, 5.74) is 5.25. The van der Waals surface area contributed by atoms with Crippen molar-refractivity contribution in [3.05, 3.63) is 11.7 Å². The van der Waals surface area contributed by atoms with E-state index in [1.165, 1.54) is 0 Å². The van der Waals surface area contributed by atoms with E-state index in [9.17, 15) is 0 Å². The molecule has 3 rings (SSSR count). The van der Waals surface area contributed by atoms with Gasteiger partial charge in [-0.2, -0.15) is 4.98 Å². The van der Waals surface area contributed by atoms with Crippen LogP contribution in [0.2, 0.25) is 0 Å². The molecule has 6 nitrogen and oxygen atoms in total. The summed E-state index contributed by atoms with van der Waals surface area (Å²) in [4.78, 5) is 4.53. The minimum Gasteiger partial charge on any atom is -0.379 e. The van der Waals surface area contributed by atoms with Crippen molar-refractivity contribution < 1.29 is 14.0 Å². The van der Waals surface area contributed by atoms with E-state index < -0.39 is 5.54 Å². The first-order valence-electron chi connectivity index (χ1n) is 7.04. The van der Waals surface area contributed by atoms with Crippen LogP contribution in [0.4, 0.5) is 0 Å². The minimum atomic E-state index is -0.628. The van der Waals surface area contributed by atoms with Gasteiger partial charge < -0.3 is 19.7 Å². The zero-order chi connectivity index (χ0) is 13.3. The van der Waals surface area contributed by atoms with Crippen molar-refractivity contribution in [3.8, 4) is 0 Å². The van der Waals surface area contributed by atoms with Crippen LogP contribution >= 0.6 is 0 Å². The Morgan fingerprint density at radius 1 is 1.32 bits per heavy atom. The van der Waals surface area contributed by atoms with E-state index in [1.807, 2.05) is 6.92 Å². The molecule has 0 bridgehead atoms. The van der Waals surface area contributed by atoms with Crippen LogP contribution in [0.5, 0.6) is 0 Å². The molecule has 1 saturated carbocycles. The van der Waals surface area contributed by atoms with Gasteiger partial charge in [-0.15, -0.1) is 0 Å². The number of nitrogens with two attached hydrogens (primary N) is 1. The van der Waals surface area contributed by atoms with E-state index >= 15 is 0 Å². The number of rotatable bonds is 4. The first-order valence-corrected chi connectivity index (χ1v) is 7.04. The van der Waals surface area contributed by atoms with Gasteiger partial charge in [0.15, 0.2) is 0 Å². The summed E-state index contributed by atoms with van der Waals surface area (Å²) in [6.45, 7) is 3.73. The maximum Gasteiger partial charge on any atom is 0.249 e. The molecule has 2 aliphatic rings. The fraction of sp³-hybridized carbons (Fsp3) is 0.846. The third kappa shape index (κ3) is 2.17. The van der Waals surface area contributed by atoms with Crippen LogP contribution < -0.4 is 5.73 Å². The Morgan fingerprint density at radius 2 is 2.11 bits per heavy atom. The van der Waals surface area contributed by atoms with Crippen LogP contribution in [0.25, 0.3) is 0 Å². The molecule has 2 heterocycles. The van der Waals surface area contributed by atoms with Crippen molar-refractivity contribution >= 4 is 0 Å². The molecule has 0 spiro atoms. The van der Waals surface area contributed by atoms with Crippen LogP contribution in [0.3, 0.4) is 0 Å². The Kier molecular flexibility index (Phi) is 3.32. The molecule has 1 atom stereocenters. The minimum absolute atomic E-state index is 0.369. The lowest BCUT2D eigenvalue weighted by molar-refractivity contribution is -0.0469. The lowest BCUT2D eigenvalue weighted by Crippen LogP contribution is -2.37. The van der Waals surface area contributed by atoms with Crippen molar-refractivity contribution in [1.29, 1.82) is 0 Å². The molecular formula is C13H21N3O3. The molecule has 1 unspecified atom stereocenters. The normalized spacial score (nSPS) is 30.0. The fourth-order valence-electron chi connectivity index (χ4n) is 3.02. The quantitative estimate of drug-likeness (QED) is 0.889. The molecule has 19 heavy (non-hydrogen) atoms. The molecule has 0 radical (unpaired) electrons. The van der Waals surface area contributed by atoms with E-state index in [-0.39, 0.29) is 5.60 Å². The summed E-state index contributed by atoms with van der Waals surface area (Å²) in [7, 11) is 0. The molecule has 1 saturated heterocycles. The van der Waals surface area contributed by atoms with E-state index in [2.05, 4.69) is 10.1 Å². The Balaban J connectivity index is 1.87. The van der Waals surface area contributed by atoms with Crippen molar-refractivity contribution in [2.75, 3.05) is 19.8 Å². The third-order valence-electron chi connectivity index (χ3n) is 4.14. The summed E-state index contributed by atoms with van der Waals surface area (Å²) in [6, 6.07) is 0. The molecule has 6 heteroatoms. The van der Waals surface area contributed by atoms with Crippen LogP contribution in [-0.2, 0) is 20.6 Å². The molecular weight excluding hydrogens is 246 g/mol. The molecule has 0 aromatic carbocycles. The zero-order valence-electron chi connectivity index (χ0n) is 11.4. The van der Waals surface area contributed by atoms with Gasteiger partial charge in [-0.1, -0.05) is 5.16 Å². The summed E-state index contributed by atoms with van der Waals surface area (Å²) >= 11 is 0. The van der Waals surface area contributed by atoms with Crippen molar-refractivity contribution in [2.24, 2.45) is 5.73 Å². The highest BCUT2D eigenvalue weighted by Gasteiger charge is 2.44. The van der Waals surface area contributed by atoms with Crippen molar-refractivity contribution in [2.45, 2.75) is 50.2 Å². The fourth-order valence-corrected chi connectivity index (χ4v) is 3.02. The van der Waals surface area contributed by atoms with E-state index in [0.29, 0.717) is 31.5 Å². The summed E-state index contributed by atoms with van der Waals surface area (Å²) < 4.78 is 16.7. The predicted octanol–water partition coefficient (Wildman–Crippen LogP) is 1.45. The Hall–Kier alpha value is -0.980. The van der Waals surface area contributed by atoms with Gasteiger partial charge in [0.1, 0.15) is 11.1 Å². The second kappa shape index (κ2) is 4.85. The van der Waals surface area contributed by atoms with Gasteiger partial charge in [-0.3, -0.25) is 0 Å². The Bertz CT molecular complexity index is 434. The van der Waals surface area contributed by atoms with Gasteiger partial charge in [0, 0.05) is 13.2 Å². The van der Waals surface area contributed by atoms with E-state index in [1.54, 1.807) is 0 Å². The zero-order valence-corrected chi connectivity index (χ0v) is 11.4. The number of aromatic nitrogens is 2. The summed E-state index contributed by atoms with van der Waals surface area (Å²) in [5, 5.41) is 4.13. The van der Waals surface area contributed by atoms with E-state index in [0.717, 1.165) is 32.1 Å². The molecule has 1 aromatic heterocycles. The largest absolute Gasteiger partial charge is 0.379 e. The molecule has 1 aliphatic carbocycles. The van der Waals surface area contributed by atoms with Gasteiger partial charge >= 0.3 is 0 Å². The maximum absolute atomic E-state index is 6.25. The second-order valence-corrected chi connectivity index (χ2v) is 5.52. The highest BCUT2D eigenvalue weighted by Crippen LogP contribution is 2.41. The van der Waals surface area contributed by atoms with Crippen molar-refractivity contribution in [1.82, 2.24) is 10.1 Å². The van der Waals surface area contributed by atoms with Gasteiger partial charge in [0.05, 0.1) is 6.61 Å². The highest BCUT2D eigenvalue weighted by molar-refractivity contribution is 5.10. The first-order chi connectivity index (χ1) is 9.19. The SMILES string of the molecule is CCOC1(c2noc(C3(N)CCOC3)n2)CCCC1. The summed E-state index contributed by atoms with van der Waals surface area (Å²) in [6.07, 6.45) is 4.90. The Morgan fingerprint density at radius 3 is 2.74 bits per heavy atom. The van der Waals surface area contributed by atoms with Gasteiger partial charge in [0.2, 0.25) is 11.7 Å². The first kappa shape index (κ1) is 13.0. The predicted molar refractivity (Wildman–Crippen MR) is 67.4 cm³/mol. The van der Waals surface area contributed by atoms with E-state index in [4.69, 9.17) is 19.7 Å². The molecule has 106 valence electrons. The third-order valence-corrected chi connectivity index (χ3v) is 4.14. The molecule has 0 amide bonds. The number of ether oxygens (including phenoxy) is 2. The standard InChI is InChI=1S/C13H21N3O3/c1-2-18-13(5-3-4-6-13)10-15-11(19-16-10)12(14)7-8-17-9-12/h2-9,14H2,1H3. The van der Waals surface area contributed by atoms with Crippen LogP contribution in [0.1, 0.15) is 50.7 Å². The number of hydrogen-bond donors (Lipinski definition) is 1. The topological polar surface area (TPSA) is 83.4 Å². The molecule has 2 fully saturated rings. The molecule has 1 aromatic rings. The van der Waals surface area contributed by atoms with Crippen LogP contribution in [-0.4, -0.2) is 30.0 Å². The lowest BCUT2D eigenvalue weighted by atomic mass is 9.99. The lowest BCUT2D eigenvalue weighted by Gasteiger charge is -2.24. The van der Waals surface area contributed by atoms with Gasteiger partial charge in [-0.25, -0.2) is 0 Å². The molecule has 1 aliphatic heterocycles. The maximum atomic E-state index is 6.25. The number of hydrogen-bond acceptors (Lipinski definition) is 6. The average molecular weight is 267 g/mol. The van der Waals surface area contributed by atoms with Crippen LogP contribution in [0, 0.1) is 0 Å². The monoisotopic (exact) mass is 267 g/mol. The smallest absolute Gasteiger partial charge is 0.249 e. The summed E-state index contributed by atoms with van der Waals surface area (Å²) in [5.74, 6) is 1.13. The van der Waals surface area contributed by atoms with Gasteiger partial charge in [-0.05, 0) is 39.0 Å². The second-order valence-electron chi connectivity index (χ2n) is 5.52. The van der Waals surface area contributed by atoms with Crippen LogP contribution in [0.15, 0.2) is 4.52 Å². The molecule has 2 N–H and O–H groups in total. The van der Waals surface area contributed by atoms with Gasteiger partial charge in [0.25, 0.3) is 0 Å². The Labute approximate surface area is 112 Å². The van der Waals surface area contributed by atoms with Crippen molar-refractivity contribution in [3.63, 3.8) is 0 Å². The highest BCUT2D eigenvalue weighted by atomic mass is 16.5.